The molecule has 0 aliphatic heterocycles. The highest BCUT2D eigenvalue weighted by Gasteiger charge is 2.21. The number of carbonyl (C=O) groups excluding carboxylic acids is 3. The number of nitrogens with zero attached hydrogens (tertiary/aromatic N) is 1. The lowest BCUT2D eigenvalue weighted by Crippen LogP contribution is -2.04. The van der Waals surface area contributed by atoms with Crippen LogP contribution in [0.4, 0.5) is 0 Å². The van der Waals surface area contributed by atoms with Crippen molar-refractivity contribution in [1.29, 1.82) is 0 Å². The predicted molar refractivity (Wildman–Crippen MR) is 121 cm³/mol. The number of aromatic nitrogens is 1. The second-order valence-corrected chi connectivity index (χ2v) is 7.37. The van der Waals surface area contributed by atoms with Crippen LogP contribution < -0.4 is 0 Å². The summed E-state index contributed by atoms with van der Waals surface area (Å²) in [5.41, 5.74) is 4.19. The van der Waals surface area contributed by atoms with Crippen LogP contribution in [0.15, 0.2) is 65.2 Å². The van der Waals surface area contributed by atoms with E-state index in [4.69, 9.17) is 9.15 Å². The molecule has 6 nitrogen and oxygen atoms in total. The van der Waals surface area contributed by atoms with Gasteiger partial charge in [0.1, 0.15) is 5.76 Å². The summed E-state index contributed by atoms with van der Waals surface area (Å²) in [6, 6.07) is 16.0. The molecule has 0 fully saturated rings. The largest absolute Gasteiger partial charge is 0.462 e. The summed E-state index contributed by atoms with van der Waals surface area (Å²) in [6.07, 6.45) is 1.43. The van der Waals surface area contributed by atoms with Crippen LogP contribution in [0.2, 0.25) is 0 Å². The Labute approximate surface area is 184 Å². The fraction of sp³-hybridized carbons (Fsp3) is 0.154. The fourth-order valence-corrected chi connectivity index (χ4v) is 3.53. The first-order valence-electron chi connectivity index (χ1n) is 10.2. The van der Waals surface area contributed by atoms with Crippen LogP contribution in [0, 0.1) is 0 Å². The molecular formula is C26H21NO5. The second kappa shape index (κ2) is 8.59. The van der Waals surface area contributed by atoms with E-state index < -0.39 is 5.97 Å². The first kappa shape index (κ1) is 21.2. The zero-order chi connectivity index (χ0) is 22.8. The highest BCUT2D eigenvalue weighted by atomic mass is 16.5. The Kier molecular flexibility index (Phi) is 5.69. The van der Waals surface area contributed by atoms with Gasteiger partial charge in [-0.15, -0.1) is 0 Å². The molecule has 0 aliphatic rings. The zero-order valence-corrected chi connectivity index (χ0v) is 18.0. The standard InChI is InChI=1S/C26H21NO5/c1-4-31-26(30)21-13-22-23(19-9-5-17(6-10-19)15(2)28)24(32-25(22)27-14-21)20-11-7-18(8-12-20)16(3)29/h5-14H,4H2,1-3H3. The molecule has 2 aromatic heterocycles. The van der Waals surface area contributed by atoms with Crippen LogP contribution in [0.3, 0.4) is 0 Å². The summed E-state index contributed by atoms with van der Waals surface area (Å²) in [7, 11) is 0. The molecule has 0 saturated heterocycles. The number of hydrogen-bond acceptors (Lipinski definition) is 6. The Morgan fingerprint density at radius 2 is 1.41 bits per heavy atom. The summed E-state index contributed by atoms with van der Waals surface area (Å²) >= 11 is 0. The zero-order valence-electron chi connectivity index (χ0n) is 18.0. The van der Waals surface area contributed by atoms with Crippen LogP contribution in [0.25, 0.3) is 33.6 Å². The van der Waals surface area contributed by atoms with E-state index in [-0.39, 0.29) is 18.2 Å². The Balaban J connectivity index is 1.93. The van der Waals surface area contributed by atoms with Gasteiger partial charge in [-0.2, -0.15) is 0 Å². The van der Waals surface area contributed by atoms with Crippen molar-refractivity contribution in [2.24, 2.45) is 0 Å². The molecule has 32 heavy (non-hydrogen) atoms. The monoisotopic (exact) mass is 427 g/mol. The minimum absolute atomic E-state index is 0.0260. The van der Waals surface area contributed by atoms with E-state index in [0.717, 1.165) is 16.7 Å². The van der Waals surface area contributed by atoms with Gasteiger partial charge in [-0.1, -0.05) is 48.5 Å². The average Bonchev–Trinajstić information content (AvgIpc) is 3.18. The minimum atomic E-state index is -0.465. The Hall–Kier alpha value is -4.06. The number of fused-ring (bicyclic) bond motifs is 1. The maximum absolute atomic E-state index is 12.3. The normalized spacial score (nSPS) is 10.8. The molecule has 0 aliphatic carbocycles. The van der Waals surface area contributed by atoms with E-state index in [0.29, 0.717) is 33.6 Å². The number of ether oxygens (including phenoxy) is 1. The highest BCUT2D eigenvalue weighted by Crippen LogP contribution is 2.40. The number of esters is 1. The SMILES string of the molecule is CCOC(=O)c1cnc2oc(-c3ccc(C(C)=O)cc3)c(-c3ccc(C(C)=O)cc3)c2c1. The predicted octanol–water partition coefficient (Wildman–Crippen LogP) is 5.74. The van der Waals surface area contributed by atoms with Crippen molar-refractivity contribution in [1.82, 2.24) is 4.98 Å². The van der Waals surface area contributed by atoms with Gasteiger partial charge in [0.25, 0.3) is 0 Å². The molecule has 4 rings (SSSR count). The van der Waals surface area contributed by atoms with Gasteiger partial charge in [-0.25, -0.2) is 9.78 Å². The molecule has 4 aromatic rings. The number of furan rings is 1. The molecule has 6 heteroatoms. The first-order valence-corrected chi connectivity index (χ1v) is 10.2. The Morgan fingerprint density at radius 3 is 1.94 bits per heavy atom. The number of ketones is 2. The molecule has 0 radical (unpaired) electrons. The molecule has 0 bridgehead atoms. The summed E-state index contributed by atoms with van der Waals surface area (Å²) < 4.78 is 11.2. The van der Waals surface area contributed by atoms with Crippen molar-refractivity contribution in [3.8, 4) is 22.5 Å². The number of benzene rings is 2. The van der Waals surface area contributed by atoms with Gasteiger partial charge in [0.15, 0.2) is 11.6 Å². The van der Waals surface area contributed by atoms with E-state index >= 15 is 0 Å². The van der Waals surface area contributed by atoms with Gasteiger partial charge >= 0.3 is 5.97 Å². The van der Waals surface area contributed by atoms with Crippen molar-refractivity contribution in [3.05, 3.63) is 77.5 Å². The highest BCUT2D eigenvalue weighted by molar-refractivity contribution is 6.04. The number of pyridine rings is 1. The van der Waals surface area contributed by atoms with Gasteiger partial charge in [-0.05, 0) is 32.4 Å². The summed E-state index contributed by atoms with van der Waals surface area (Å²) in [5, 5.41) is 0.650. The fourth-order valence-electron chi connectivity index (χ4n) is 3.53. The van der Waals surface area contributed by atoms with Gasteiger partial charge in [0, 0.05) is 33.8 Å². The lowest BCUT2D eigenvalue weighted by molar-refractivity contribution is 0.0526. The second-order valence-electron chi connectivity index (χ2n) is 7.37. The van der Waals surface area contributed by atoms with Crippen molar-refractivity contribution < 1.29 is 23.5 Å². The molecule has 0 unspecified atom stereocenters. The maximum Gasteiger partial charge on any atom is 0.339 e. The molecular weight excluding hydrogens is 406 g/mol. The van der Waals surface area contributed by atoms with Gasteiger partial charge in [0.05, 0.1) is 12.2 Å². The van der Waals surface area contributed by atoms with E-state index in [1.807, 2.05) is 24.3 Å². The quantitative estimate of drug-likeness (QED) is 0.288. The third-order valence-corrected chi connectivity index (χ3v) is 5.19. The Morgan fingerprint density at radius 1 is 0.844 bits per heavy atom. The van der Waals surface area contributed by atoms with Crippen LogP contribution in [-0.2, 0) is 4.74 Å². The number of carbonyl (C=O) groups is 3. The molecule has 0 atom stereocenters. The average molecular weight is 427 g/mol. The van der Waals surface area contributed by atoms with Crippen molar-refractivity contribution >= 4 is 28.6 Å². The van der Waals surface area contributed by atoms with Crippen LogP contribution in [0.1, 0.15) is 51.8 Å². The van der Waals surface area contributed by atoms with E-state index in [1.165, 1.54) is 20.0 Å². The van der Waals surface area contributed by atoms with Gasteiger partial charge in [0.2, 0.25) is 5.71 Å². The number of rotatable bonds is 6. The maximum atomic E-state index is 12.3. The first-order chi connectivity index (χ1) is 15.4. The van der Waals surface area contributed by atoms with E-state index in [9.17, 15) is 14.4 Å². The summed E-state index contributed by atoms with van der Waals surface area (Å²) in [4.78, 5) is 40.0. The van der Waals surface area contributed by atoms with E-state index in [2.05, 4.69) is 4.98 Å². The van der Waals surface area contributed by atoms with Gasteiger partial charge in [-0.3, -0.25) is 9.59 Å². The third kappa shape index (κ3) is 3.95. The van der Waals surface area contributed by atoms with Crippen LogP contribution in [0.5, 0.6) is 0 Å². The van der Waals surface area contributed by atoms with E-state index in [1.54, 1.807) is 37.3 Å². The lowest BCUT2D eigenvalue weighted by atomic mass is 9.96. The molecule has 0 N–H and O–H groups in total. The number of hydrogen-bond donors (Lipinski definition) is 0. The summed E-state index contributed by atoms with van der Waals surface area (Å²) in [5.74, 6) is 0.0365. The van der Waals surface area contributed by atoms with Gasteiger partial charge < -0.3 is 9.15 Å². The molecule has 2 heterocycles. The topological polar surface area (TPSA) is 86.5 Å². The molecule has 0 amide bonds. The molecule has 160 valence electrons. The van der Waals surface area contributed by atoms with Crippen molar-refractivity contribution in [2.45, 2.75) is 20.8 Å². The molecule has 2 aromatic carbocycles. The van der Waals surface area contributed by atoms with Crippen molar-refractivity contribution in [2.75, 3.05) is 6.61 Å². The smallest absolute Gasteiger partial charge is 0.339 e. The lowest BCUT2D eigenvalue weighted by Gasteiger charge is -2.06. The minimum Gasteiger partial charge on any atom is -0.462 e. The molecule has 0 saturated carbocycles. The Bertz CT molecular complexity index is 1330. The van der Waals surface area contributed by atoms with Crippen LogP contribution in [-0.4, -0.2) is 29.1 Å². The van der Waals surface area contributed by atoms with Crippen molar-refractivity contribution in [3.63, 3.8) is 0 Å². The number of Topliss-reactive ketones (excluding diaryl/α,β-unsaturated/α-hetero) is 2. The summed E-state index contributed by atoms with van der Waals surface area (Å²) in [6.45, 7) is 5.03. The van der Waals surface area contributed by atoms with Crippen LogP contribution >= 0.6 is 0 Å². The molecule has 0 spiro atoms. The third-order valence-electron chi connectivity index (χ3n) is 5.19.